The average Bonchev–Trinajstić information content (AvgIpc) is 2.75. The second-order valence-electron chi connectivity index (χ2n) is 6.22. The average molecular weight is 464 g/mol. The molecule has 0 aliphatic carbocycles. The zero-order chi connectivity index (χ0) is 22.6. The van der Waals surface area contributed by atoms with Crippen LogP contribution in [0, 0.1) is 5.82 Å². The summed E-state index contributed by atoms with van der Waals surface area (Å²) in [6, 6.07) is 11.2. The van der Waals surface area contributed by atoms with E-state index in [1.54, 1.807) is 0 Å². The summed E-state index contributed by atoms with van der Waals surface area (Å²) in [5.74, 6) is -2.70. The molecule has 160 valence electrons. The van der Waals surface area contributed by atoms with Crippen LogP contribution in [0.5, 0.6) is 0 Å². The molecule has 1 N–H and O–H groups in total. The Bertz CT molecular complexity index is 1250. The first-order valence-corrected chi connectivity index (χ1v) is 10.7. The first kappa shape index (κ1) is 22.3. The maximum atomic E-state index is 13.8. The van der Waals surface area contributed by atoms with E-state index in [1.807, 2.05) is 0 Å². The van der Waals surface area contributed by atoms with Crippen molar-refractivity contribution in [2.24, 2.45) is 0 Å². The van der Waals surface area contributed by atoms with Gasteiger partial charge in [-0.25, -0.2) is 27.6 Å². The number of hydrogen-bond donors (Lipinski definition) is 1. The summed E-state index contributed by atoms with van der Waals surface area (Å²) in [7, 11) is -2.91. The first-order chi connectivity index (χ1) is 14.7. The predicted molar refractivity (Wildman–Crippen MR) is 110 cm³/mol. The number of ether oxygens (including phenoxy) is 1. The summed E-state index contributed by atoms with van der Waals surface area (Å²) in [6.07, 6.45) is 0.984. The topological polar surface area (TPSA) is 115 Å². The molecule has 3 rings (SSSR count). The van der Waals surface area contributed by atoms with Gasteiger partial charge in [0.2, 0.25) is 15.0 Å². The van der Waals surface area contributed by atoms with Gasteiger partial charge in [0, 0.05) is 11.3 Å². The molecule has 0 atom stereocenters. The summed E-state index contributed by atoms with van der Waals surface area (Å²) >= 11 is 5.98. The van der Waals surface area contributed by atoms with Crippen molar-refractivity contribution in [2.45, 2.75) is 10.9 Å². The fraction of sp³-hybridized carbons (Fsp3) is 0.100. The number of carbonyl (C=O) groups is 2. The highest BCUT2D eigenvalue weighted by Crippen LogP contribution is 2.20. The lowest BCUT2D eigenvalue weighted by molar-refractivity contribution is 0.0600. The molecule has 2 aromatic carbocycles. The van der Waals surface area contributed by atoms with Crippen LogP contribution in [-0.2, 0) is 20.3 Å². The minimum Gasteiger partial charge on any atom is -0.465 e. The van der Waals surface area contributed by atoms with Crippen LogP contribution in [0.3, 0.4) is 0 Å². The fourth-order valence-electron chi connectivity index (χ4n) is 2.54. The van der Waals surface area contributed by atoms with Crippen molar-refractivity contribution in [3.8, 4) is 0 Å². The van der Waals surface area contributed by atoms with Gasteiger partial charge in [0.25, 0.3) is 5.91 Å². The second kappa shape index (κ2) is 9.19. The molecular weight excluding hydrogens is 449 g/mol. The van der Waals surface area contributed by atoms with Gasteiger partial charge in [-0.05, 0) is 30.3 Å². The molecule has 8 nitrogen and oxygen atoms in total. The molecule has 3 aromatic rings. The molecule has 0 spiro atoms. The lowest BCUT2D eigenvalue weighted by atomic mass is 10.2. The van der Waals surface area contributed by atoms with Gasteiger partial charge in [-0.3, -0.25) is 4.79 Å². The number of aromatic nitrogens is 2. The van der Waals surface area contributed by atoms with Gasteiger partial charge in [0.1, 0.15) is 5.82 Å². The Morgan fingerprint density at radius 2 is 1.81 bits per heavy atom. The van der Waals surface area contributed by atoms with Crippen LogP contribution in [0.1, 0.15) is 26.4 Å². The van der Waals surface area contributed by atoms with Crippen molar-refractivity contribution in [2.75, 3.05) is 12.4 Å². The minimum atomic E-state index is -4.15. The number of nitrogens with one attached hydrogen (secondary N) is 1. The van der Waals surface area contributed by atoms with Gasteiger partial charge in [0.05, 0.1) is 29.6 Å². The molecule has 0 saturated heterocycles. The van der Waals surface area contributed by atoms with Crippen LogP contribution < -0.4 is 5.32 Å². The molecule has 0 aliphatic rings. The highest BCUT2D eigenvalue weighted by molar-refractivity contribution is 7.90. The lowest BCUT2D eigenvalue weighted by Crippen LogP contribution is -2.18. The predicted octanol–water partition coefficient (Wildman–Crippen LogP) is 3.28. The first-order valence-electron chi connectivity index (χ1n) is 8.69. The van der Waals surface area contributed by atoms with E-state index in [-0.39, 0.29) is 21.8 Å². The van der Waals surface area contributed by atoms with Crippen LogP contribution in [0.15, 0.2) is 59.9 Å². The highest BCUT2D eigenvalue weighted by Gasteiger charge is 2.24. The summed E-state index contributed by atoms with van der Waals surface area (Å²) in [5, 5.41) is 1.67. The van der Waals surface area contributed by atoms with Gasteiger partial charge in [-0.15, -0.1) is 0 Å². The number of rotatable bonds is 6. The molecule has 1 amide bonds. The van der Waals surface area contributed by atoms with Gasteiger partial charge < -0.3 is 10.1 Å². The number of anilines is 1. The third-order valence-electron chi connectivity index (χ3n) is 4.08. The van der Waals surface area contributed by atoms with Crippen LogP contribution in [-0.4, -0.2) is 37.4 Å². The maximum Gasteiger partial charge on any atom is 0.337 e. The molecular formula is C20H15ClFN3O5S. The minimum absolute atomic E-state index is 0.0576. The summed E-state index contributed by atoms with van der Waals surface area (Å²) in [5.41, 5.74) is 0.156. The summed E-state index contributed by atoms with van der Waals surface area (Å²) < 4.78 is 43.7. The summed E-state index contributed by atoms with van der Waals surface area (Å²) in [6.45, 7) is 0. The fourth-order valence-corrected chi connectivity index (χ4v) is 3.94. The second-order valence-corrected chi connectivity index (χ2v) is 8.51. The Balaban J connectivity index is 1.84. The van der Waals surface area contributed by atoms with E-state index in [2.05, 4.69) is 20.0 Å². The molecule has 0 fully saturated rings. The van der Waals surface area contributed by atoms with Crippen molar-refractivity contribution in [3.63, 3.8) is 0 Å². The number of benzene rings is 2. The quantitative estimate of drug-likeness (QED) is 0.440. The van der Waals surface area contributed by atoms with Crippen LogP contribution >= 0.6 is 11.6 Å². The molecule has 0 bridgehead atoms. The van der Waals surface area contributed by atoms with Crippen molar-refractivity contribution in [1.82, 2.24) is 9.97 Å². The van der Waals surface area contributed by atoms with E-state index in [1.165, 1.54) is 49.6 Å². The number of amides is 1. The molecule has 11 heteroatoms. The van der Waals surface area contributed by atoms with Crippen molar-refractivity contribution < 1.29 is 27.1 Å². The zero-order valence-corrected chi connectivity index (χ0v) is 17.6. The smallest absolute Gasteiger partial charge is 0.337 e. The number of nitrogens with zero attached hydrogens (tertiary/aromatic N) is 2. The molecule has 0 aliphatic heterocycles. The van der Waals surface area contributed by atoms with Crippen LogP contribution in [0.4, 0.5) is 10.1 Å². The Kier molecular flexibility index (Phi) is 6.62. The highest BCUT2D eigenvalue weighted by atomic mass is 35.5. The van der Waals surface area contributed by atoms with Crippen molar-refractivity contribution in [1.29, 1.82) is 0 Å². The number of sulfone groups is 1. The Morgan fingerprint density at radius 1 is 1.13 bits per heavy atom. The number of esters is 1. The SMILES string of the molecule is COC(=O)c1ccc(NC(=O)c2nc(S(=O)(=O)Cc3ccccc3F)ncc2Cl)cc1. The van der Waals surface area contributed by atoms with E-state index in [0.717, 1.165) is 12.3 Å². The van der Waals surface area contributed by atoms with E-state index in [9.17, 15) is 22.4 Å². The number of carbonyl (C=O) groups excluding carboxylic acids is 2. The number of halogens is 2. The van der Waals surface area contributed by atoms with Crippen LogP contribution in [0.2, 0.25) is 5.02 Å². The lowest BCUT2D eigenvalue weighted by Gasteiger charge is -2.09. The largest absolute Gasteiger partial charge is 0.465 e. The maximum absolute atomic E-state index is 13.8. The van der Waals surface area contributed by atoms with E-state index in [0.29, 0.717) is 5.69 Å². The Labute approximate surface area is 182 Å². The third-order valence-corrected chi connectivity index (χ3v) is 5.80. The number of hydrogen-bond acceptors (Lipinski definition) is 7. The molecule has 31 heavy (non-hydrogen) atoms. The number of methoxy groups -OCH3 is 1. The van der Waals surface area contributed by atoms with Gasteiger partial charge in [-0.1, -0.05) is 29.8 Å². The normalized spacial score (nSPS) is 11.1. The Morgan fingerprint density at radius 3 is 2.45 bits per heavy atom. The third kappa shape index (κ3) is 5.22. The monoisotopic (exact) mass is 463 g/mol. The van der Waals surface area contributed by atoms with Crippen LogP contribution in [0.25, 0.3) is 0 Å². The van der Waals surface area contributed by atoms with E-state index in [4.69, 9.17) is 11.6 Å². The molecule has 0 unspecified atom stereocenters. The van der Waals surface area contributed by atoms with Gasteiger partial charge in [0.15, 0.2) is 5.69 Å². The van der Waals surface area contributed by atoms with E-state index >= 15 is 0 Å². The van der Waals surface area contributed by atoms with Crippen molar-refractivity contribution in [3.05, 3.63) is 82.4 Å². The standard InChI is InChI=1S/C20H15ClFN3O5S/c1-30-19(27)12-6-8-14(9-7-12)24-18(26)17-15(21)10-23-20(25-17)31(28,29)11-13-4-2-3-5-16(13)22/h2-10H,11H2,1H3,(H,24,26). The Hall–Kier alpha value is -3.37. The molecule has 1 heterocycles. The molecule has 0 radical (unpaired) electrons. The van der Waals surface area contributed by atoms with Gasteiger partial charge >= 0.3 is 5.97 Å². The van der Waals surface area contributed by atoms with Gasteiger partial charge in [-0.2, -0.15) is 0 Å². The van der Waals surface area contributed by atoms with E-state index < -0.39 is 38.4 Å². The molecule has 1 aromatic heterocycles. The zero-order valence-electron chi connectivity index (χ0n) is 16.0. The molecule has 0 saturated carbocycles. The van der Waals surface area contributed by atoms with Crippen molar-refractivity contribution >= 4 is 39.0 Å². The summed E-state index contributed by atoms with van der Waals surface area (Å²) in [4.78, 5) is 31.5.